The number of rotatable bonds is 4. The molecule has 1 atom stereocenters. The zero-order chi connectivity index (χ0) is 16.2. The van der Waals surface area contributed by atoms with Crippen molar-refractivity contribution in [3.8, 4) is 0 Å². The maximum absolute atomic E-state index is 12.3. The number of nitrogens with one attached hydrogen (secondary N) is 1. The molecule has 1 N–H and O–H groups in total. The van der Waals surface area contributed by atoms with Gasteiger partial charge in [-0.1, -0.05) is 13.0 Å². The number of benzene rings is 1. The largest absolute Gasteiger partial charge is 0.298 e. The summed E-state index contributed by atoms with van der Waals surface area (Å²) in [5.74, 6) is 0.665. The second-order valence-electron chi connectivity index (χ2n) is 6.09. The molecule has 0 unspecified atom stereocenters. The highest BCUT2D eigenvalue weighted by Gasteiger charge is 2.17. The van der Waals surface area contributed by atoms with Gasteiger partial charge in [0.2, 0.25) is 0 Å². The molecule has 6 heteroatoms. The van der Waals surface area contributed by atoms with Crippen LogP contribution in [0.2, 0.25) is 0 Å². The van der Waals surface area contributed by atoms with Crippen molar-refractivity contribution in [3.05, 3.63) is 44.5 Å². The molecule has 0 aliphatic carbocycles. The Morgan fingerprint density at radius 1 is 1.52 bits per heavy atom. The lowest BCUT2D eigenvalue weighted by Crippen LogP contribution is -2.33. The molecule has 2 aromatic rings. The molecule has 1 amide bonds. The minimum absolute atomic E-state index is 0.101. The van der Waals surface area contributed by atoms with Gasteiger partial charge in [0.15, 0.2) is 5.13 Å². The summed E-state index contributed by atoms with van der Waals surface area (Å²) >= 11 is 3.70. The zero-order valence-electron chi connectivity index (χ0n) is 13.1. The van der Waals surface area contributed by atoms with Crippen LogP contribution in [0.15, 0.2) is 29.6 Å². The molecule has 3 rings (SSSR count). The summed E-state index contributed by atoms with van der Waals surface area (Å²) in [4.78, 5) is 19.3. The molecule has 1 aliphatic heterocycles. The van der Waals surface area contributed by atoms with Gasteiger partial charge in [0.1, 0.15) is 0 Å². The summed E-state index contributed by atoms with van der Waals surface area (Å²) in [5, 5.41) is 5.62. The highest BCUT2D eigenvalue weighted by atomic mass is 127. The topological polar surface area (TPSA) is 45.2 Å². The van der Waals surface area contributed by atoms with Gasteiger partial charge in [0.25, 0.3) is 5.91 Å². The van der Waals surface area contributed by atoms with Gasteiger partial charge in [-0.05, 0) is 66.1 Å². The first-order chi connectivity index (χ1) is 11.1. The van der Waals surface area contributed by atoms with Crippen LogP contribution in [0.25, 0.3) is 0 Å². The molecule has 4 nitrogen and oxygen atoms in total. The highest BCUT2D eigenvalue weighted by Crippen LogP contribution is 2.21. The fourth-order valence-electron chi connectivity index (χ4n) is 2.90. The van der Waals surface area contributed by atoms with Crippen LogP contribution >= 0.6 is 33.9 Å². The summed E-state index contributed by atoms with van der Waals surface area (Å²) in [7, 11) is 0. The molecule has 0 spiro atoms. The SMILES string of the molecule is C[C@H]1CCCN(Cc2csc(NC(=O)c3cccc(I)c3)n2)C1. The smallest absolute Gasteiger partial charge is 0.257 e. The summed E-state index contributed by atoms with van der Waals surface area (Å²) in [6.45, 7) is 5.47. The second-order valence-corrected chi connectivity index (χ2v) is 8.19. The van der Waals surface area contributed by atoms with Crippen LogP contribution in [0.5, 0.6) is 0 Å². The van der Waals surface area contributed by atoms with Gasteiger partial charge in [0.05, 0.1) is 5.69 Å². The van der Waals surface area contributed by atoms with Gasteiger partial charge in [-0.3, -0.25) is 15.0 Å². The molecule has 1 fully saturated rings. The van der Waals surface area contributed by atoms with Gasteiger partial charge in [-0.2, -0.15) is 0 Å². The van der Waals surface area contributed by atoms with Crippen LogP contribution in [0.1, 0.15) is 35.8 Å². The number of hydrogen-bond donors (Lipinski definition) is 1. The number of thiazole rings is 1. The van der Waals surface area contributed by atoms with Crippen molar-refractivity contribution in [1.29, 1.82) is 0 Å². The second kappa shape index (κ2) is 7.72. The fourth-order valence-corrected chi connectivity index (χ4v) is 4.14. The van der Waals surface area contributed by atoms with E-state index in [-0.39, 0.29) is 5.91 Å². The number of piperidine rings is 1. The van der Waals surface area contributed by atoms with Crippen LogP contribution in [0, 0.1) is 9.49 Å². The lowest BCUT2D eigenvalue weighted by Gasteiger charge is -2.30. The average molecular weight is 441 g/mol. The van der Waals surface area contributed by atoms with Crippen molar-refractivity contribution in [2.75, 3.05) is 18.4 Å². The molecular formula is C17H20IN3OS. The van der Waals surface area contributed by atoms with Crippen LogP contribution in [0.3, 0.4) is 0 Å². The monoisotopic (exact) mass is 441 g/mol. The van der Waals surface area contributed by atoms with Gasteiger partial charge in [-0.25, -0.2) is 4.98 Å². The van der Waals surface area contributed by atoms with Crippen molar-refractivity contribution < 1.29 is 4.79 Å². The minimum Gasteiger partial charge on any atom is -0.298 e. The first-order valence-corrected chi connectivity index (χ1v) is 9.79. The Kier molecular flexibility index (Phi) is 5.66. The minimum atomic E-state index is -0.101. The molecule has 1 aromatic heterocycles. The number of anilines is 1. The van der Waals surface area contributed by atoms with E-state index in [1.165, 1.54) is 24.2 Å². The van der Waals surface area contributed by atoms with Crippen LogP contribution in [0.4, 0.5) is 5.13 Å². The third-order valence-corrected chi connectivity index (χ3v) is 5.46. The molecule has 0 radical (unpaired) electrons. The molecule has 2 heterocycles. The Morgan fingerprint density at radius 3 is 3.17 bits per heavy atom. The summed E-state index contributed by atoms with van der Waals surface area (Å²) in [5.41, 5.74) is 1.71. The number of amides is 1. The van der Waals surface area contributed by atoms with E-state index in [2.05, 4.69) is 44.7 Å². The Hall–Kier alpha value is -0.990. The number of carbonyl (C=O) groups excluding carboxylic acids is 1. The molecule has 122 valence electrons. The quantitative estimate of drug-likeness (QED) is 0.723. The first kappa shape index (κ1) is 16.9. The Bertz CT molecular complexity index is 688. The van der Waals surface area contributed by atoms with E-state index in [4.69, 9.17) is 0 Å². The van der Waals surface area contributed by atoms with E-state index in [1.54, 1.807) is 0 Å². The number of likely N-dealkylation sites (tertiary alicyclic amines) is 1. The summed E-state index contributed by atoms with van der Waals surface area (Å²) in [6, 6.07) is 7.56. The average Bonchev–Trinajstić information content (AvgIpc) is 2.94. The summed E-state index contributed by atoms with van der Waals surface area (Å²) in [6.07, 6.45) is 2.59. The van der Waals surface area contributed by atoms with E-state index in [0.717, 1.165) is 34.8 Å². The predicted molar refractivity (Wildman–Crippen MR) is 103 cm³/mol. The number of carbonyl (C=O) groups is 1. The van der Waals surface area contributed by atoms with Crippen molar-refractivity contribution in [1.82, 2.24) is 9.88 Å². The van der Waals surface area contributed by atoms with Crippen molar-refractivity contribution in [2.24, 2.45) is 5.92 Å². The Morgan fingerprint density at radius 2 is 2.39 bits per heavy atom. The molecule has 0 saturated carbocycles. The number of aromatic nitrogens is 1. The predicted octanol–water partition coefficient (Wildman–Crippen LogP) is 4.23. The Balaban J connectivity index is 1.59. The van der Waals surface area contributed by atoms with Gasteiger partial charge >= 0.3 is 0 Å². The third kappa shape index (κ3) is 4.74. The maximum atomic E-state index is 12.3. The molecular weight excluding hydrogens is 421 g/mol. The molecule has 0 bridgehead atoms. The maximum Gasteiger partial charge on any atom is 0.257 e. The number of hydrogen-bond acceptors (Lipinski definition) is 4. The van der Waals surface area contributed by atoms with Gasteiger partial charge in [-0.15, -0.1) is 11.3 Å². The lowest BCUT2D eigenvalue weighted by molar-refractivity contribution is 0.102. The molecule has 1 aromatic carbocycles. The normalized spacial score (nSPS) is 18.8. The third-order valence-electron chi connectivity index (χ3n) is 3.99. The number of halogens is 1. The number of nitrogens with zero attached hydrogens (tertiary/aromatic N) is 2. The lowest BCUT2D eigenvalue weighted by atomic mass is 10.0. The van der Waals surface area contributed by atoms with E-state index >= 15 is 0 Å². The molecule has 1 saturated heterocycles. The highest BCUT2D eigenvalue weighted by molar-refractivity contribution is 14.1. The van der Waals surface area contributed by atoms with Crippen molar-refractivity contribution >= 4 is 45.0 Å². The van der Waals surface area contributed by atoms with Gasteiger partial charge < -0.3 is 0 Å². The fraction of sp³-hybridized carbons (Fsp3) is 0.412. The zero-order valence-corrected chi connectivity index (χ0v) is 16.1. The van der Waals surface area contributed by atoms with E-state index in [9.17, 15) is 4.79 Å². The first-order valence-electron chi connectivity index (χ1n) is 7.84. The van der Waals surface area contributed by atoms with E-state index < -0.39 is 0 Å². The van der Waals surface area contributed by atoms with Crippen LogP contribution < -0.4 is 5.32 Å². The van der Waals surface area contributed by atoms with Gasteiger partial charge in [0, 0.05) is 27.6 Å². The van der Waals surface area contributed by atoms with E-state index in [1.807, 2.05) is 29.6 Å². The van der Waals surface area contributed by atoms with Crippen LogP contribution in [-0.4, -0.2) is 28.9 Å². The standard InChI is InChI=1S/C17H20IN3OS/c1-12-4-3-7-21(9-12)10-15-11-23-17(19-15)20-16(22)13-5-2-6-14(18)8-13/h2,5-6,8,11-12H,3-4,7,9-10H2,1H3,(H,19,20,22)/t12-/m0/s1. The van der Waals surface area contributed by atoms with Crippen LogP contribution in [-0.2, 0) is 6.54 Å². The summed E-state index contributed by atoms with van der Waals surface area (Å²) < 4.78 is 1.05. The Labute approximate surface area is 154 Å². The van der Waals surface area contributed by atoms with Crippen molar-refractivity contribution in [2.45, 2.75) is 26.3 Å². The molecule has 1 aliphatic rings. The van der Waals surface area contributed by atoms with Crippen molar-refractivity contribution in [3.63, 3.8) is 0 Å². The van der Waals surface area contributed by atoms with E-state index in [0.29, 0.717) is 10.7 Å². The molecule has 23 heavy (non-hydrogen) atoms.